The number of hydrogen-bond acceptors (Lipinski definition) is 3. The van der Waals surface area contributed by atoms with Crippen LogP contribution in [0, 0.1) is 0 Å². The standard InChI is InChI=1S/C6H11NO2/c8-5-9-6-2-1-3-7-4-6/h5-7H,1-4H2. The summed E-state index contributed by atoms with van der Waals surface area (Å²) in [6.07, 6.45) is 2.24. The van der Waals surface area contributed by atoms with Crippen molar-refractivity contribution in [2.45, 2.75) is 18.9 Å². The molecule has 0 saturated carbocycles. The zero-order chi connectivity index (χ0) is 6.53. The molecule has 1 rings (SSSR count). The van der Waals surface area contributed by atoms with Crippen molar-refractivity contribution in [2.75, 3.05) is 13.1 Å². The van der Waals surface area contributed by atoms with Crippen molar-refractivity contribution < 1.29 is 9.53 Å². The Labute approximate surface area is 54.4 Å². The molecule has 0 aliphatic carbocycles. The van der Waals surface area contributed by atoms with Crippen LogP contribution in [0.3, 0.4) is 0 Å². The molecule has 9 heavy (non-hydrogen) atoms. The highest BCUT2D eigenvalue weighted by Crippen LogP contribution is 2.03. The summed E-state index contributed by atoms with van der Waals surface area (Å²) < 4.78 is 4.74. The van der Waals surface area contributed by atoms with Crippen molar-refractivity contribution in [2.24, 2.45) is 0 Å². The molecule has 1 N–H and O–H groups in total. The third-order valence-corrected chi connectivity index (χ3v) is 1.50. The number of piperidine rings is 1. The van der Waals surface area contributed by atoms with E-state index in [4.69, 9.17) is 4.74 Å². The summed E-state index contributed by atoms with van der Waals surface area (Å²) in [6, 6.07) is 0. The van der Waals surface area contributed by atoms with E-state index in [9.17, 15) is 4.79 Å². The molecule has 0 aromatic heterocycles. The van der Waals surface area contributed by atoms with E-state index < -0.39 is 0 Å². The fourth-order valence-corrected chi connectivity index (χ4v) is 1.01. The lowest BCUT2D eigenvalue weighted by atomic mass is 10.1. The quantitative estimate of drug-likeness (QED) is 0.529. The largest absolute Gasteiger partial charge is 0.463 e. The molecule has 3 heteroatoms. The number of hydrogen-bond donors (Lipinski definition) is 1. The zero-order valence-corrected chi connectivity index (χ0v) is 5.30. The summed E-state index contributed by atoms with van der Waals surface area (Å²) in [6.45, 7) is 2.40. The van der Waals surface area contributed by atoms with E-state index in [1.54, 1.807) is 0 Å². The van der Waals surface area contributed by atoms with Crippen LogP contribution in [0.5, 0.6) is 0 Å². The van der Waals surface area contributed by atoms with Crippen molar-refractivity contribution in [1.29, 1.82) is 0 Å². The van der Waals surface area contributed by atoms with Gasteiger partial charge >= 0.3 is 0 Å². The van der Waals surface area contributed by atoms with Crippen LogP contribution < -0.4 is 5.32 Å². The Hall–Kier alpha value is -0.570. The van der Waals surface area contributed by atoms with E-state index in [2.05, 4.69) is 5.32 Å². The molecule has 1 aliphatic rings. The Morgan fingerprint density at radius 3 is 3.11 bits per heavy atom. The normalized spacial score (nSPS) is 27.3. The highest BCUT2D eigenvalue weighted by molar-refractivity contribution is 5.37. The number of nitrogens with one attached hydrogen (secondary N) is 1. The average molecular weight is 129 g/mol. The second-order valence-electron chi connectivity index (χ2n) is 2.20. The first-order chi connectivity index (χ1) is 4.43. The van der Waals surface area contributed by atoms with Crippen LogP contribution in [0.15, 0.2) is 0 Å². The van der Waals surface area contributed by atoms with Crippen LogP contribution in [0.25, 0.3) is 0 Å². The summed E-state index contributed by atoms with van der Waals surface area (Å²) in [5.41, 5.74) is 0. The first-order valence-corrected chi connectivity index (χ1v) is 3.23. The molecule has 1 atom stereocenters. The van der Waals surface area contributed by atoms with E-state index >= 15 is 0 Å². The van der Waals surface area contributed by atoms with E-state index in [0.717, 1.165) is 25.9 Å². The van der Waals surface area contributed by atoms with Gasteiger partial charge in [0.25, 0.3) is 6.47 Å². The maximum absolute atomic E-state index is 9.82. The van der Waals surface area contributed by atoms with Crippen LogP contribution in [-0.2, 0) is 9.53 Å². The molecule has 0 spiro atoms. The van der Waals surface area contributed by atoms with Gasteiger partial charge in [0.05, 0.1) is 0 Å². The third-order valence-electron chi connectivity index (χ3n) is 1.50. The molecule has 0 bridgehead atoms. The first kappa shape index (κ1) is 6.55. The number of ether oxygens (including phenoxy) is 1. The molecule has 3 nitrogen and oxygen atoms in total. The van der Waals surface area contributed by atoms with E-state index in [0.29, 0.717) is 6.47 Å². The summed E-state index contributed by atoms with van der Waals surface area (Å²) in [5, 5.41) is 3.14. The minimum absolute atomic E-state index is 0.122. The van der Waals surface area contributed by atoms with Crippen LogP contribution in [0.4, 0.5) is 0 Å². The van der Waals surface area contributed by atoms with Gasteiger partial charge in [-0.25, -0.2) is 0 Å². The van der Waals surface area contributed by atoms with Crippen molar-refractivity contribution in [3.05, 3.63) is 0 Å². The van der Waals surface area contributed by atoms with Crippen LogP contribution in [0.1, 0.15) is 12.8 Å². The zero-order valence-electron chi connectivity index (χ0n) is 5.30. The van der Waals surface area contributed by atoms with Crippen LogP contribution >= 0.6 is 0 Å². The SMILES string of the molecule is O=COC1CCCNC1. The molecule has 1 saturated heterocycles. The molecule has 0 radical (unpaired) electrons. The van der Waals surface area contributed by atoms with Crippen molar-refractivity contribution in [3.8, 4) is 0 Å². The van der Waals surface area contributed by atoms with E-state index in [1.165, 1.54) is 0 Å². The Kier molecular flexibility index (Phi) is 2.51. The van der Waals surface area contributed by atoms with Gasteiger partial charge in [0.2, 0.25) is 0 Å². The first-order valence-electron chi connectivity index (χ1n) is 3.23. The van der Waals surface area contributed by atoms with Gasteiger partial charge in [-0.05, 0) is 19.4 Å². The molecular weight excluding hydrogens is 118 g/mol. The van der Waals surface area contributed by atoms with Gasteiger partial charge in [-0.15, -0.1) is 0 Å². The molecule has 0 aromatic rings. The maximum atomic E-state index is 9.82. The highest BCUT2D eigenvalue weighted by atomic mass is 16.5. The van der Waals surface area contributed by atoms with Crippen molar-refractivity contribution in [3.63, 3.8) is 0 Å². The fourth-order valence-electron chi connectivity index (χ4n) is 1.01. The Balaban J connectivity index is 2.15. The Morgan fingerprint density at radius 1 is 1.67 bits per heavy atom. The predicted molar refractivity (Wildman–Crippen MR) is 33.0 cm³/mol. The minimum atomic E-state index is 0.122. The lowest BCUT2D eigenvalue weighted by molar-refractivity contribution is -0.134. The Morgan fingerprint density at radius 2 is 2.56 bits per heavy atom. The smallest absolute Gasteiger partial charge is 0.293 e. The molecule has 1 heterocycles. The molecule has 52 valence electrons. The van der Waals surface area contributed by atoms with Gasteiger partial charge in [0.1, 0.15) is 6.10 Å². The molecular formula is C6H11NO2. The van der Waals surface area contributed by atoms with Gasteiger partial charge in [0, 0.05) is 6.54 Å². The second-order valence-corrected chi connectivity index (χ2v) is 2.20. The van der Waals surface area contributed by atoms with Crippen molar-refractivity contribution in [1.82, 2.24) is 5.32 Å². The van der Waals surface area contributed by atoms with Gasteiger partial charge in [-0.2, -0.15) is 0 Å². The lowest BCUT2D eigenvalue weighted by Gasteiger charge is -2.20. The van der Waals surface area contributed by atoms with Gasteiger partial charge < -0.3 is 10.1 Å². The predicted octanol–water partition coefficient (Wildman–Crippen LogP) is -0.0886. The van der Waals surface area contributed by atoms with Gasteiger partial charge in [-0.3, -0.25) is 4.79 Å². The number of carbonyl (C=O) groups is 1. The second kappa shape index (κ2) is 3.45. The van der Waals surface area contributed by atoms with Gasteiger partial charge in [0.15, 0.2) is 0 Å². The third kappa shape index (κ3) is 2.01. The number of rotatable bonds is 2. The average Bonchev–Trinajstić information content (AvgIpc) is 1.91. The number of carbonyl (C=O) groups excluding carboxylic acids is 1. The molecule has 1 aliphatic heterocycles. The van der Waals surface area contributed by atoms with E-state index in [-0.39, 0.29) is 6.10 Å². The summed E-state index contributed by atoms with van der Waals surface area (Å²) in [5.74, 6) is 0. The topological polar surface area (TPSA) is 38.3 Å². The van der Waals surface area contributed by atoms with E-state index in [1.807, 2.05) is 0 Å². The highest BCUT2D eigenvalue weighted by Gasteiger charge is 2.11. The summed E-state index contributed by atoms with van der Waals surface area (Å²) >= 11 is 0. The maximum Gasteiger partial charge on any atom is 0.293 e. The summed E-state index contributed by atoms with van der Waals surface area (Å²) in [4.78, 5) is 9.82. The lowest BCUT2D eigenvalue weighted by Crippen LogP contribution is -2.34. The minimum Gasteiger partial charge on any atom is -0.463 e. The van der Waals surface area contributed by atoms with Crippen molar-refractivity contribution >= 4 is 6.47 Å². The molecule has 0 aromatic carbocycles. The van der Waals surface area contributed by atoms with Crippen LogP contribution in [-0.4, -0.2) is 25.7 Å². The monoisotopic (exact) mass is 129 g/mol. The molecule has 1 fully saturated rings. The Bertz CT molecular complexity index is 89.1. The van der Waals surface area contributed by atoms with Crippen LogP contribution in [0.2, 0.25) is 0 Å². The molecule has 1 unspecified atom stereocenters. The molecule has 0 amide bonds. The summed E-state index contributed by atoms with van der Waals surface area (Å²) in [7, 11) is 0. The fraction of sp³-hybridized carbons (Fsp3) is 0.833. The van der Waals surface area contributed by atoms with Gasteiger partial charge in [-0.1, -0.05) is 0 Å².